The van der Waals surface area contributed by atoms with E-state index in [1.54, 1.807) is 15.9 Å². The van der Waals surface area contributed by atoms with Gasteiger partial charge in [0.2, 0.25) is 5.91 Å². The third-order valence-corrected chi connectivity index (χ3v) is 7.87. The van der Waals surface area contributed by atoms with Crippen molar-refractivity contribution in [1.29, 1.82) is 0 Å². The summed E-state index contributed by atoms with van der Waals surface area (Å²) in [6.07, 6.45) is 6.47. The van der Waals surface area contributed by atoms with E-state index in [0.717, 1.165) is 61.1 Å². The summed E-state index contributed by atoms with van der Waals surface area (Å²) in [4.78, 5) is 35.1. The van der Waals surface area contributed by atoms with Gasteiger partial charge in [0.1, 0.15) is 4.83 Å². The van der Waals surface area contributed by atoms with E-state index in [9.17, 15) is 9.59 Å². The summed E-state index contributed by atoms with van der Waals surface area (Å²) in [5, 5.41) is 1.39. The van der Waals surface area contributed by atoms with Gasteiger partial charge in [0, 0.05) is 18.0 Å². The van der Waals surface area contributed by atoms with Crippen molar-refractivity contribution in [2.75, 3.05) is 18.8 Å². The summed E-state index contributed by atoms with van der Waals surface area (Å²) < 4.78 is 1.70. The molecule has 0 saturated carbocycles. The van der Waals surface area contributed by atoms with Crippen molar-refractivity contribution in [3.63, 3.8) is 0 Å². The number of hydrogen-bond acceptors (Lipinski definition) is 5. The highest BCUT2D eigenvalue weighted by molar-refractivity contribution is 7.99. The number of hydrogen-bond donors (Lipinski definition) is 0. The number of nitrogens with zero attached hydrogens (tertiary/aromatic N) is 3. The largest absolute Gasteiger partial charge is 0.342 e. The van der Waals surface area contributed by atoms with E-state index in [1.807, 2.05) is 35.2 Å². The van der Waals surface area contributed by atoms with E-state index >= 15 is 0 Å². The Bertz CT molecular complexity index is 1110. The minimum Gasteiger partial charge on any atom is -0.342 e. The van der Waals surface area contributed by atoms with Gasteiger partial charge < -0.3 is 4.90 Å². The molecule has 0 N–H and O–H groups in total. The third-order valence-electron chi connectivity index (χ3n) is 5.76. The van der Waals surface area contributed by atoms with E-state index in [1.165, 1.54) is 28.6 Å². The van der Waals surface area contributed by atoms with Crippen LogP contribution in [0.3, 0.4) is 0 Å². The van der Waals surface area contributed by atoms with Crippen LogP contribution >= 0.6 is 23.1 Å². The number of thiophene rings is 1. The molecule has 1 saturated heterocycles. The van der Waals surface area contributed by atoms with Gasteiger partial charge in [-0.05, 0) is 56.2 Å². The maximum absolute atomic E-state index is 13.5. The van der Waals surface area contributed by atoms with Crippen LogP contribution in [0.15, 0.2) is 40.3 Å². The summed E-state index contributed by atoms with van der Waals surface area (Å²) in [6.45, 7) is 1.68. The molecule has 1 fully saturated rings. The highest BCUT2D eigenvalue weighted by atomic mass is 32.2. The van der Waals surface area contributed by atoms with Crippen molar-refractivity contribution in [1.82, 2.24) is 14.5 Å². The molecule has 29 heavy (non-hydrogen) atoms. The molecular formula is C22H23N3O2S2. The first-order valence-corrected chi connectivity index (χ1v) is 12.1. The Morgan fingerprint density at radius 2 is 1.86 bits per heavy atom. The lowest BCUT2D eigenvalue weighted by molar-refractivity contribution is -0.129. The molecule has 2 aromatic heterocycles. The van der Waals surface area contributed by atoms with Crippen molar-refractivity contribution in [3.8, 4) is 5.69 Å². The molecule has 1 aliphatic carbocycles. The molecule has 0 atom stereocenters. The minimum absolute atomic E-state index is 0.00600. The van der Waals surface area contributed by atoms with Gasteiger partial charge in [-0.3, -0.25) is 14.2 Å². The lowest BCUT2D eigenvalue weighted by Gasteiger charge is -2.26. The maximum Gasteiger partial charge on any atom is 0.267 e. The molecule has 7 heteroatoms. The normalized spacial score (nSPS) is 16.3. The fraction of sp³-hybridized carbons (Fsp3) is 0.409. The highest BCUT2D eigenvalue weighted by Crippen LogP contribution is 2.36. The summed E-state index contributed by atoms with van der Waals surface area (Å²) in [7, 11) is 0. The Hall–Kier alpha value is -2.12. The van der Waals surface area contributed by atoms with Gasteiger partial charge in [-0.2, -0.15) is 0 Å². The van der Waals surface area contributed by atoms with Crippen molar-refractivity contribution >= 4 is 39.2 Å². The summed E-state index contributed by atoms with van der Waals surface area (Å²) in [5.41, 5.74) is 1.99. The van der Waals surface area contributed by atoms with Crippen LogP contribution in [0.5, 0.6) is 0 Å². The molecule has 1 aromatic carbocycles. The number of likely N-dealkylation sites (tertiary alicyclic amines) is 1. The number of carbonyl (C=O) groups excluding carboxylic acids is 1. The van der Waals surface area contributed by atoms with Crippen molar-refractivity contribution < 1.29 is 4.79 Å². The Labute approximate surface area is 177 Å². The first kappa shape index (κ1) is 18.9. The van der Waals surface area contributed by atoms with Crippen LogP contribution in [0.1, 0.15) is 36.1 Å². The highest BCUT2D eigenvalue weighted by Gasteiger charge is 2.25. The second-order valence-corrected chi connectivity index (χ2v) is 9.66. The number of fused-ring (bicyclic) bond motifs is 3. The molecule has 0 radical (unpaired) electrons. The molecule has 150 valence electrons. The Morgan fingerprint density at radius 1 is 1.07 bits per heavy atom. The number of aryl methyl sites for hydroxylation is 2. The first-order valence-electron chi connectivity index (χ1n) is 10.3. The Morgan fingerprint density at radius 3 is 2.66 bits per heavy atom. The van der Waals surface area contributed by atoms with E-state index < -0.39 is 0 Å². The first-order chi connectivity index (χ1) is 14.2. The minimum atomic E-state index is -0.00600. The third kappa shape index (κ3) is 3.51. The zero-order valence-corrected chi connectivity index (χ0v) is 17.9. The quantitative estimate of drug-likeness (QED) is 0.468. The van der Waals surface area contributed by atoms with Gasteiger partial charge in [0.25, 0.3) is 5.56 Å². The standard InChI is InChI=1S/C22H23N3O2S2/c26-18(24-12-5-2-6-13-24)14-28-22-23-20-19(16-10-7-11-17(16)29-20)21(27)25(22)15-8-3-1-4-9-15/h1,3-4,8-9H,2,5-7,10-14H2. The van der Waals surface area contributed by atoms with Gasteiger partial charge in [0.15, 0.2) is 5.16 Å². The summed E-state index contributed by atoms with van der Waals surface area (Å²) >= 11 is 3.03. The van der Waals surface area contributed by atoms with Crippen LogP contribution in [-0.4, -0.2) is 39.2 Å². The molecule has 2 aliphatic rings. The number of aromatic nitrogens is 2. The predicted octanol–water partition coefficient (Wildman–Crippen LogP) is 4.04. The molecular weight excluding hydrogens is 402 g/mol. The van der Waals surface area contributed by atoms with Crippen LogP contribution in [0, 0.1) is 0 Å². The second kappa shape index (κ2) is 7.95. The number of carbonyl (C=O) groups is 1. The number of amides is 1. The van der Waals surface area contributed by atoms with Crippen LogP contribution in [-0.2, 0) is 17.6 Å². The second-order valence-electron chi connectivity index (χ2n) is 7.64. The van der Waals surface area contributed by atoms with Crippen molar-refractivity contribution in [2.45, 2.75) is 43.7 Å². The number of para-hydroxylation sites is 1. The predicted molar refractivity (Wildman–Crippen MR) is 118 cm³/mol. The molecule has 0 bridgehead atoms. The zero-order valence-electron chi connectivity index (χ0n) is 16.2. The summed E-state index contributed by atoms with van der Waals surface area (Å²) in [5.74, 6) is 0.452. The lowest BCUT2D eigenvalue weighted by Crippen LogP contribution is -2.36. The topological polar surface area (TPSA) is 55.2 Å². The zero-order chi connectivity index (χ0) is 19.8. The molecule has 5 nitrogen and oxygen atoms in total. The summed E-state index contributed by atoms with van der Waals surface area (Å²) in [6, 6.07) is 9.65. The fourth-order valence-electron chi connectivity index (χ4n) is 4.29. The van der Waals surface area contributed by atoms with Gasteiger partial charge in [-0.1, -0.05) is 30.0 Å². The average Bonchev–Trinajstić information content (AvgIpc) is 3.34. The van der Waals surface area contributed by atoms with E-state index in [0.29, 0.717) is 10.9 Å². The average molecular weight is 426 g/mol. The monoisotopic (exact) mass is 425 g/mol. The molecule has 3 heterocycles. The molecule has 1 amide bonds. The number of thioether (sulfide) groups is 1. The fourth-order valence-corrected chi connectivity index (χ4v) is 6.51. The Kier molecular flexibility index (Phi) is 5.18. The molecule has 3 aromatic rings. The Balaban J connectivity index is 1.55. The van der Waals surface area contributed by atoms with E-state index in [4.69, 9.17) is 4.98 Å². The van der Waals surface area contributed by atoms with E-state index in [2.05, 4.69) is 0 Å². The number of rotatable bonds is 4. The molecule has 0 unspecified atom stereocenters. The van der Waals surface area contributed by atoms with Crippen molar-refractivity contribution in [3.05, 3.63) is 51.1 Å². The molecule has 1 aliphatic heterocycles. The SMILES string of the molecule is O=C(CSc1nc2sc3c(c2c(=O)n1-c1ccccc1)CCC3)N1CCCCC1. The van der Waals surface area contributed by atoms with Gasteiger partial charge in [-0.15, -0.1) is 11.3 Å². The van der Waals surface area contributed by atoms with Gasteiger partial charge >= 0.3 is 0 Å². The maximum atomic E-state index is 13.5. The molecule has 0 spiro atoms. The van der Waals surface area contributed by atoms with Crippen molar-refractivity contribution in [2.24, 2.45) is 0 Å². The van der Waals surface area contributed by atoms with E-state index in [-0.39, 0.29) is 11.5 Å². The molecule has 5 rings (SSSR count). The number of benzene rings is 1. The van der Waals surface area contributed by atoms with Crippen LogP contribution < -0.4 is 5.56 Å². The van der Waals surface area contributed by atoms with Crippen LogP contribution in [0.25, 0.3) is 15.9 Å². The lowest BCUT2D eigenvalue weighted by atomic mass is 10.1. The van der Waals surface area contributed by atoms with Crippen LogP contribution in [0.2, 0.25) is 0 Å². The number of piperidine rings is 1. The smallest absolute Gasteiger partial charge is 0.267 e. The van der Waals surface area contributed by atoms with Crippen LogP contribution in [0.4, 0.5) is 0 Å². The van der Waals surface area contributed by atoms with Gasteiger partial charge in [-0.25, -0.2) is 4.98 Å². The van der Waals surface area contributed by atoms with Gasteiger partial charge in [0.05, 0.1) is 16.8 Å².